The fraction of sp³-hybridized carbons (Fsp3) is 0. The van der Waals surface area contributed by atoms with E-state index in [1.165, 1.54) is 0 Å². The molecule has 0 unspecified atom stereocenters. The molecule has 146 valence electrons. The van der Waals surface area contributed by atoms with Gasteiger partial charge < -0.3 is 9.79 Å². The zero-order chi connectivity index (χ0) is 17.5. The van der Waals surface area contributed by atoms with Gasteiger partial charge in [-0.3, -0.25) is 0 Å². The molecule has 0 saturated carbocycles. The summed E-state index contributed by atoms with van der Waals surface area (Å²) in [6.07, 6.45) is 3.55. The molecule has 0 saturated heterocycles. The van der Waals surface area contributed by atoms with Crippen LogP contribution in [0.3, 0.4) is 0 Å². The molecule has 3 aromatic carbocycles. The van der Waals surface area contributed by atoms with Gasteiger partial charge in [0.25, 0.3) is 0 Å². The molecule has 0 amide bonds. The molecule has 1 aliphatic carbocycles. The van der Waals surface area contributed by atoms with Crippen molar-refractivity contribution in [2.75, 3.05) is 0 Å². The second-order valence-corrected chi connectivity index (χ2v) is 6.45. The molecule has 0 radical (unpaired) electrons. The van der Waals surface area contributed by atoms with Gasteiger partial charge in [0.1, 0.15) is 5.29 Å². The Hall–Kier alpha value is -1.54. The summed E-state index contributed by atoms with van der Waals surface area (Å²) in [5.41, 5.74) is 3.68. The normalized spacial score (nSPS) is 11.4. The molecule has 4 rings (SSSR count). The topological polar surface area (TPSA) is 46.1 Å². The first-order chi connectivity index (χ1) is 12.3. The number of rotatable bonds is 2. The molecule has 3 aromatic rings. The summed E-state index contributed by atoms with van der Waals surface area (Å²) < 4.78 is 0. The number of hydrogen-bond acceptors (Lipinski definition) is 2. The first-order valence-electron chi connectivity index (χ1n) is 7.99. The zero-order valence-electron chi connectivity index (χ0n) is 14.7. The number of halogens is 2. The molecule has 0 N–H and O–H groups in total. The van der Waals surface area contributed by atoms with Gasteiger partial charge in [-0.2, -0.15) is 18.2 Å². The SMILES string of the molecule is Cl.Cl.[Fe+2].[O-][P+]([O-])=C1C=CC(c2ccccc2)=C1c1ccccc1.c1cc[cH-]c1. The van der Waals surface area contributed by atoms with E-state index in [9.17, 15) is 9.79 Å². The molecular weight excluding hydrogens is 454 g/mol. The molecule has 28 heavy (non-hydrogen) atoms. The van der Waals surface area contributed by atoms with Gasteiger partial charge in [-0.15, -0.1) is 24.8 Å². The van der Waals surface area contributed by atoms with Crippen molar-refractivity contribution in [2.24, 2.45) is 0 Å². The van der Waals surface area contributed by atoms with Gasteiger partial charge in [0.15, 0.2) is 0 Å². The monoisotopic (exact) mass is 472 g/mol. The Morgan fingerprint density at radius 1 is 0.643 bits per heavy atom. The molecule has 0 aliphatic heterocycles. The van der Waals surface area contributed by atoms with Gasteiger partial charge in [0, 0.05) is 13.6 Å². The molecule has 0 fully saturated rings. The third kappa shape index (κ3) is 6.81. The van der Waals surface area contributed by atoms with Crippen LogP contribution in [0.1, 0.15) is 11.1 Å². The smallest absolute Gasteiger partial charge is 0.633 e. The van der Waals surface area contributed by atoms with E-state index in [2.05, 4.69) is 0 Å². The van der Waals surface area contributed by atoms with E-state index in [1.54, 1.807) is 6.08 Å². The Kier molecular flexibility index (Phi) is 12.9. The van der Waals surface area contributed by atoms with Crippen LogP contribution in [0, 0.1) is 0 Å². The minimum Gasteiger partial charge on any atom is -0.633 e. The van der Waals surface area contributed by atoms with E-state index >= 15 is 0 Å². The van der Waals surface area contributed by atoms with E-state index in [-0.39, 0.29) is 41.9 Å². The van der Waals surface area contributed by atoms with Crippen molar-refractivity contribution in [2.45, 2.75) is 0 Å². The average Bonchev–Trinajstić information content (AvgIpc) is 3.36. The Morgan fingerprint density at radius 3 is 1.57 bits per heavy atom. The molecule has 6 heteroatoms. The maximum absolute atomic E-state index is 11.5. The number of benzene rings is 2. The second kappa shape index (κ2) is 13.6. The van der Waals surface area contributed by atoms with Crippen LogP contribution in [-0.2, 0) is 17.1 Å². The van der Waals surface area contributed by atoms with Crippen LogP contribution in [-0.4, -0.2) is 5.29 Å². The first-order valence-corrected chi connectivity index (χ1v) is 9.16. The van der Waals surface area contributed by atoms with E-state index in [1.807, 2.05) is 97.1 Å². The fourth-order valence-corrected chi connectivity index (χ4v) is 3.33. The van der Waals surface area contributed by atoms with Crippen molar-refractivity contribution in [3.63, 3.8) is 0 Å². The molecule has 0 bridgehead atoms. The van der Waals surface area contributed by atoms with Crippen molar-refractivity contribution in [3.05, 3.63) is 114 Å². The molecule has 2 nitrogen and oxygen atoms in total. The first kappa shape index (κ1) is 26.5. The molecule has 0 spiro atoms. The van der Waals surface area contributed by atoms with Gasteiger partial charge in [0.05, 0.1) is 0 Å². The predicted molar refractivity (Wildman–Crippen MR) is 117 cm³/mol. The van der Waals surface area contributed by atoms with Crippen molar-refractivity contribution in [3.8, 4) is 0 Å². The van der Waals surface area contributed by atoms with Gasteiger partial charge in [-0.1, -0.05) is 60.7 Å². The Labute approximate surface area is 189 Å². The van der Waals surface area contributed by atoms with Gasteiger partial charge in [0.2, 0.25) is 0 Å². The molecule has 0 atom stereocenters. The zero-order valence-corrected chi connectivity index (χ0v) is 18.4. The van der Waals surface area contributed by atoms with Crippen molar-refractivity contribution in [1.82, 2.24) is 0 Å². The average molecular weight is 473 g/mol. The van der Waals surface area contributed by atoms with Gasteiger partial charge >= 0.3 is 17.1 Å². The summed E-state index contributed by atoms with van der Waals surface area (Å²) in [6.45, 7) is 0. The van der Waals surface area contributed by atoms with Crippen LogP contribution < -0.4 is 9.79 Å². The van der Waals surface area contributed by atoms with Crippen molar-refractivity contribution < 1.29 is 26.9 Å². The minimum atomic E-state index is -2.61. The maximum atomic E-state index is 11.5. The summed E-state index contributed by atoms with van der Waals surface area (Å²) in [4.78, 5) is 23.0. The van der Waals surface area contributed by atoms with Crippen LogP contribution in [0.15, 0.2) is 103 Å². The second-order valence-electron chi connectivity index (χ2n) is 5.46. The molecule has 0 aromatic heterocycles. The van der Waals surface area contributed by atoms with Crippen LogP contribution in [0.25, 0.3) is 11.1 Å². The summed E-state index contributed by atoms with van der Waals surface area (Å²) >= 11 is 0. The quantitative estimate of drug-likeness (QED) is 0.310. The van der Waals surface area contributed by atoms with E-state index in [0.717, 1.165) is 22.3 Å². The summed E-state index contributed by atoms with van der Waals surface area (Å²) in [5.74, 6) is 0. The van der Waals surface area contributed by atoms with Crippen LogP contribution in [0.5, 0.6) is 0 Å². The maximum Gasteiger partial charge on any atom is 2.00 e. The fourth-order valence-electron chi connectivity index (χ4n) is 2.71. The minimum absolute atomic E-state index is 0. The third-order valence-corrected chi connectivity index (χ3v) is 4.60. The van der Waals surface area contributed by atoms with E-state index < -0.39 is 8.00 Å². The number of allylic oxidation sites excluding steroid dienone is 4. The number of hydrogen-bond donors (Lipinski definition) is 0. The molecule has 0 heterocycles. The Bertz CT molecular complexity index is 885. The van der Waals surface area contributed by atoms with Crippen LogP contribution in [0.2, 0.25) is 0 Å². The molecule has 1 aliphatic rings. The van der Waals surface area contributed by atoms with Crippen LogP contribution >= 0.6 is 32.8 Å². The third-order valence-electron chi connectivity index (χ3n) is 3.83. The van der Waals surface area contributed by atoms with Crippen LogP contribution in [0.4, 0.5) is 0 Å². The van der Waals surface area contributed by atoms with E-state index in [4.69, 9.17) is 0 Å². The van der Waals surface area contributed by atoms with Crippen molar-refractivity contribution >= 4 is 49.3 Å². The Balaban J connectivity index is 0.000000801. The summed E-state index contributed by atoms with van der Waals surface area (Å²) in [7, 11) is -2.61. The van der Waals surface area contributed by atoms with Crippen molar-refractivity contribution in [1.29, 1.82) is 0 Å². The van der Waals surface area contributed by atoms with Gasteiger partial charge in [-0.25, -0.2) is 12.1 Å². The largest absolute Gasteiger partial charge is 2.00 e. The predicted octanol–water partition coefficient (Wildman–Crippen LogP) is 4.62. The van der Waals surface area contributed by atoms with E-state index in [0.29, 0.717) is 5.29 Å². The molecular formula is C22H19Cl2FeO2P. The van der Waals surface area contributed by atoms with Gasteiger partial charge in [-0.05, 0) is 28.9 Å². The summed E-state index contributed by atoms with van der Waals surface area (Å²) in [6, 6.07) is 29.5. The Morgan fingerprint density at radius 2 is 1.14 bits per heavy atom. The summed E-state index contributed by atoms with van der Waals surface area (Å²) in [5, 5.41) is 0.380. The standard InChI is InChI=1S/C17H13O2P.C5H5.2ClH.Fe/c18-20(19)16-12-11-15(13-7-3-1-4-8-13)17(16)14-9-5-2-6-10-14;1-2-4-5-3-1;;;/h1-12H,(H,18,19);1-5H;2*1H;/q;-1;;;+2/p-1.